The smallest absolute Gasteiger partial charge is 0.331 e. The molecule has 1 heterocycles. The summed E-state index contributed by atoms with van der Waals surface area (Å²) in [5, 5.41) is 4.70. The zero-order valence-electron chi connectivity index (χ0n) is 16.5. The molecule has 0 spiro atoms. The molecule has 0 radical (unpaired) electrons. The van der Waals surface area contributed by atoms with Crippen LogP contribution in [0.1, 0.15) is 12.5 Å². The third-order valence-electron chi connectivity index (χ3n) is 4.71. The first-order valence-electron chi connectivity index (χ1n) is 9.49. The van der Waals surface area contributed by atoms with Gasteiger partial charge in [-0.2, -0.15) is 0 Å². The molecule has 1 amide bonds. The second-order valence-electron chi connectivity index (χ2n) is 6.97. The molecule has 9 heteroatoms. The van der Waals surface area contributed by atoms with Gasteiger partial charge in [0.05, 0.1) is 4.90 Å². The highest BCUT2D eigenvalue weighted by Gasteiger charge is 2.31. The van der Waals surface area contributed by atoms with Gasteiger partial charge in [-0.25, -0.2) is 13.2 Å². The second-order valence-corrected chi connectivity index (χ2v) is 8.62. The lowest BCUT2D eigenvalue weighted by atomic mass is 10.1. The summed E-state index contributed by atoms with van der Waals surface area (Å²) in [6.07, 6.45) is 0. The van der Waals surface area contributed by atoms with Crippen molar-refractivity contribution < 1.29 is 22.7 Å². The van der Waals surface area contributed by atoms with Crippen LogP contribution in [0, 0.1) is 0 Å². The van der Waals surface area contributed by atoms with E-state index in [-0.39, 0.29) is 10.7 Å². The van der Waals surface area contributed by atoms with E-state index >= 15 is 0 Å². The second kappa shape index (κ2) is 8.19. The standard InChI is InChI=1S/C22H19N3O5S/c1-14(23-21-18-8-4-5-9-19(18)31(28,29)25-21)22(27)30-13-20(26)24-17-11-10-15-6-2-3-7-16(15)12-17/h2-12,14H,13H2,1H3,(H,23,25)(H,24,26). The van der Waals surface area contributed by atoms with E-state index in [4.69, 9.17) is 4.74 Å². The van der Waals surface area contributed by atoms with Crippen LogP contribution in [-0.4, -0.2) is 38.8 Å². The molecule has 2 N–H and O–H groups in total. The fourth-order valence-electron chi connectivity index (χ4n) is 3.20. The van der Waals surface area contributed by atoms with Gasteiger partial charge in [-0.3, -0.25) is 14.5 Å². The molecule has 1 aliphatic rings. The lowest BCUT2D eigenvalue weighted by Crippen LogP contribution is -2.28. The van der Waals surface area contributed by atoms with E-state index < -0.39 is 34.5 Å². The van der Waals surface area contributed by atoms with Gasteiger partial charge in [-0.05, 0) is 42.0 Å². The quantitative estimate of drug-likeness (QED) is 0.595. The van der Waals surface area contributed by atoms with Gasteiger partial charge in [0.2, 0.25) is 0 Å². The lowest BCUT2D eigenvalue weighted by molar-refractivity contribution is -0.148. The van der Waals surface area contributed by atoms with Gasteiger partial charge < -0.3 is 10.1 Å². The van der Waals surface area contributed by atoms with E-state index in [1.807, 2.05) is 36.4 Å². The number of hydrogen-bond donors (Lipinski definition) is 2. The van der Waals surface area contributed by atoms with E-state index in [1.54, 1.807) is 24.3 Å². The largest absolute Gasteiger partial charge is 0.454 e. The van der Waals surface area contributed by atoms with Gasteiger partial charge in [0.15, 0.2) is 6.61 Å². The highest BCUT2D eigenvalue weighted by Crippen LogP contribution is 2.23. The number of aliphatic imine (C=N–C) groups is 1. The Bertz CT molecular complexity index is 1320. The first-order valence-corrected chi connectivity index (χ1v) is 11.0. The van der Waals surface area contributed by atoms with Gasteiger partial charge >= 0.3 is 5.97 Å². The van der Waals surface area contributed by atoms with Crippen molar-refractivity contribution in [2.75, 3.05) is 11.9 Å². The number of benzene rings is 3. The summed E-state index contributed by atoms with van der Waals surface area (Å²) in [5.74, 6) is -1.17. The number of carbonyl (C=O) groups is 2. The Morgan fingerprint density at radius 3 is 2.55 bits per heavy atom. The summed E-state index contributed by atoms with van der Waals surface area (Å²) in [6.45, 7) is 0.981. The first kappa shape index (κ1) is 20.5. The Morgan fingerprint density at radius 2 is 1.74 bits per heavy atom. The van der Waals surface area contributed by atoms with Crippen LogP contribution in [0.4, 0.5) is 5.69 Å². The van der Waals surface area contributed by atoms with Crippen molar-refractivity contribution in [1.82, 2.24) is 4.72 Å². The van der Waals surface area contributed by atoms with E-state index in [1.165, 1.54) is 13.0 Å². The zero-order chi connectivity index (χ0) is 22.0. The average Bonchev–Trinajstić information content (AvgIpc) is 3.02. The topological polar surface area (TPSA) is 114 Å². The minimum atomic E-state index is -3.70. The normalized spacial score (nSPS) is 16.4. The molecule has 0 fully saturated rings. The average molecular weight is 437 g/mol. The van der Waals surface area contributed by atoms with Gasteiger partial charge in [0, 0.05) is 11.3 Å². The third kappa shape index (κ3) is 4.41. The molecule has 8 nitrogen and oxygen atoms in total. The number of amides is 1. The molecule has 158 valence electrons. The predicted molar refractivity (Wildman–Crippen MR) is 116 cm³/mol. The number of amidine groups is 1. The predicted octanol–water partition coefficient (Wildman–Crippen LogP) is 2.45. The van der Waals surface area contributed by atoms with Crippen LogP contribution in [0.2, 0.25) is 0 Å². The van der Waals surface area contributed by atoms with Crippen molar-refractivity contribution in [2.24, 2.45) is 4.99 Å². The Balaban J connectivity index is 1.37. The number of sulfonamides is 1. The number of ether oxygens (including phenoxy) is 1. The number of esters is 1. The van der Waals surface area contributed by atoms with Gasteiger partial charge in [0.1, 0.15) is 11.9 Å². The molecule has 4 rings (SSSR count). The van der Waals surface area contributed by atoms with Gasteiger partial charge in [0.25, 0.3) is 15.9 Å². The number of anilines is 1. The van der Waals surface area contributed by atoms with Crippen molar-refractivity contribution in [2.45, 2.75) is 17.9 Å². The number of nitrogens with zero attached hydrogens (tertiary/aromatic N) is 1. The third-order valence-corrected chi connectivity index (χ3v) is 6.10. The monoisotopic (exact) mass is 437 g/mol. The maximum atomic E-state index is 12.2. The summed E-state index contributed by atoms with van der Waals surface area (Å²) in [5.41, 5.74) is 0.973. The molecule has 1 atom stereocenters. The van der Waals surface area contributed by atoms with Crippen LogP contribution in [-0.2, 0) is 24.3 Å². The molecule has 1 aliphatic heterocycles. The maximum absolute atomic E-state index is 12.2. The summed E-state index contributed by atoms with van der Waals surface area (Å²) in [4.78, 5) is 28.6. The Labute approximate surface area is 179 Å². The number of hydrogen-bond acceptors (Lipinski definition) is 6. The van der Waals surface area contributed by atoms with Crippen LogP contribution in [0.25, 0.3) is 10.8 Å². The van der Waals surface area contributed by atoms with Crippen LogP contribution in [0.3, 0.4) is 0 Å². The molecule has 3 aromatic carbocycles. The summed E-state index contributed by atoms with van der Waals surface area (Å²) < 4.78 is 31.6. The molecule has 3 aromatic rings. The molecule has 0 saturated carbocycles. The van der Waals surface area contributed by atoms with E-state index in [2.05, 4.69) is 15.0 Å². The van der Waals surface area contributed by atoms with Crippen LogP contribution in [0.15, 0.2) is 76.6 Å². The van der Waals surface area contributed by atoms with E-state index in [9.17, 15) is 18.0 Å². The highest BCUT2D eigenvalue weighted by molar-refractivity contribution is 7.90. The summed E-state index contributed by atoms with van der Waals surface area (Å²) in [6, 6.07) is 18.5. The molecular weight excluding hydrogens is 418 g/mol. The Hall–Kier alpha value is -3.72. The van der Waals surface area contributed by atoms with E-state index in [0.717, 1.165) is 10.8 Å². The fourth-order valence-corrected chi connectivity index (χ4v) is 4.44. The van der Waals surface area contributed by atoms with Gasteiger partial charge in [-0.1, -0.05) is 42.5 Å². The molecule has 1 unspecified atom stereocenters. The molecule has 0 aliphatic carbocycles. The van der Waals surface area contributed by atoms with E-state index in [0.29, 0.717) is 11.3 Å². The minimum Gasteiger partial charge on any atom is -0.454 e. The molecule has 0 aromatic heterocycles. The lowest BCUT2D eigenvalue weighted by Gasteiger charge is -2.10. The summed E-state index contributed by atoms with van der Waals surface area (Å²) in [7, 11) is -3.70. The van der Waals surface area contributed by atoms with Crippen LogP contribution in [0.5, 0.6) is 0 Å². The molecule has 0 saturated heterocycles. The van der Waals surface area contributed by atoms with Crippen molar-refractivity contribution in [3.05, 3.63) is 72.3 Å². The van der Waals surface area contributed by atoms with Crippen molar-refractivity contribution in [3.63, 3.8) is 0 Å². The summed E-state index contributed by atoms with van der Waals surface area (Å²) >= 11 is 0. The van der Waals surface area contributed by atoms with Crippen LogP contribution < -0.4 is 10.0 Å². The Morgan fingerprint density at radius 1 is 1.03 bits per heavy atom. The first-order chi connectivity index (χ1) is 14.8. The zero-order valence-corrected chi connectivity index (χ0v) is 17.3. The molecule has 0 bridgehead atoms. The number of nitrogens with one attached hydrogen (secondary N) is 2. The maximum Gasteiger partial charge on any atom is 0.331 e. The SMILES string of the molecule is CC(N=C1NS(=O)(=O)c2ccccc21)C(=O)OCC(=O)Nc1ccc2ccccc2c1. The molecular formula is C22H19N3O5S. The number of fused-ring (bicyclic) bond motifs is 2. The Kier molecular flexibility index (Phi) is 5.43. The van der Waals surface area contributed by atoms with Crippen molar-refractivity contribution in [3.8, 4) is 0 Å². The van der Waals surface area contributed by atoms with Gasteiger partial charge in [-0.15, -0.1) is 0 Å². The van der Waals surface area contributed by atoms with Crippen molar-refractivity contribution >= 4 is 44.2 Å². The minimum absolute atomic E-state index is 0.0701. The fraction of sp³-hybridized carbons (Fsp3) is 0.136. The number of carbonyl (C=O) groups excluding carboxylic acids is 2. The van der Waals surface area contributed by atoms with Crippen LogP contribution >= 0.6 is 0 Å². The van der Waals surface area contributed by atoms with Crippen molar-refractivity contribution in [1.29, 1.82) is 0 Å². The highest BCUT2D eigenvalue weighted by atomic mass is 32.2. The number of rotatable bonds is 5. The molecule has 31 heavy (non-hydrogen) atoms.